The van der Waals surface area contributed by atoms with Crippen LogP contribution in [0.25, 0.3) is 0 Å². The fraction of sp³-hybridized carbons (Fsp3) is 0.300. The van der Waals surface area contributed by atoms with Gasteiger partial charge in [0.25, 0.3) is 5.69 Å². The van der Waals surface area contributed by atoms with Crippen LogP contribution in [-0.2, 0) is 10.4 Å². The summed E-state index contributed by atoms with van der Waals surface area (Å²) in [5.74, 6) is 0. The van der Waals surface area contributed by atoms with E-state index in [4.69, 9.17) is 22.2 Å². The fourth-order valence-electron chi connectivity index (χ4n) is 2.63. The Hall–Kier alpha value is -3.17. The van der Waals surface area contributed by atoms with Crippen molar-refractivity contribution in [2.75, 3.05) is 18.5 Å². The van der Waals surface area contributed by atoms with Gasteiger partial charge in [0.15, 0.2) is 0 Å². The van der Waals surface area contributed by atoms with Crippen LogP contribution in [0.4, 0.5) is 16.2 Å². The second kappa shape index (κ2) is 10.0. The number of amides is 2. The van der Waals surface area contributed by atoms with Crippen molar-refractivity contribution in [2.45, 2.75) is 26.3 Å². The molecule has 2 aromatic rings. The molecule has 30 heavy (non-hydrogen) atoms. The summed E-state index contributed by atoms with van der Waals surface area (Å²) in [5.41, 5.74) is 6.98. The Morgan fingerprint density at radius 2 is 2.03 bits per heavy atom. The third-order valence-corrected chi connectivity index (χ3v) is 4.56. The van der Waals surface area contributed by atoms with Crippen LogP contribution in [0.1, 0.15) is 31.9 Å². The maximum Gasteiger partial charge on any atom is 0.319 e. The molecule has 0 unspecified atom stereocenters. The average molecular weight is 434 g/mol. The third kappa shape index (κ3) is 6.16. The molecule has 0 spiro atoms. The van der Waals surface area contributed by atoms with Crippen molar-refractivity contribution in [3.63, 3.8) is 0 Å². The van der Waals surface area contributed by atoms with Gasteiger partial charge in [-0.1, -0.05) is 35.0 Å². The molecule has 160 valence electrons. The number of hydrogen-bond donors (Lipinski definition) is 3. The molecular formula is C20H24ClN5O4. The van der Waals surface area contributed by atoms with Gasteiger partial charge in [-0.25, -0.2) is 4.79 Å². The van der Waals surface area contributed by atoms with Gasteiger partial charge in [0.05, 0.1) is 16.2 Å². The predicted octanol–water partition coefficient (Wildman–Crippen LogP) is 4.00. The summed E-state index contributed by atoms with van der Waals surface area (Å²) in [7, 11) is 0. The van der Waals surface area contributed by atoms with Crippen LogP contribution in [0.15, 0.2) is 47.6 Å². The summed E-state index contributed by atoms with van der Waals surface area (Å²) < 4.78 is 0. The zero-order valence-corrected chi connectivity index (χ0v) is 17.7. The van der Waals surface area contributed by atoms with E-state index in [1.165, 1.54) is 18.2 Å². The van der Waals surface area contributed by atoms with Crippen LogP contribution >= 0.6 is 11.6 Å². The Kier molecular flexibility index (Phi) is 7.73. The van der Waals surface area contributed by atoms with E-state index >= 15 is 0 Å². The number of nitrogens with one attached hydrogen (secondary N) is 2. The highest BCUT2D eigenvalue weighted by atomic mass is 35.5. The number of nitro groups is 1. The van der Waals surface area contributed by atoms with Gasteiger partial charge >= 0.3 is 6.03 Å². The molecular weight excluding hydrogens is 410 g/mol. The van der Waals surface area contributed by atoms with Gasteiger partial charge in [-0.05, 0) is 50.1 Å². The number of benzene rings is 2. The van der Waals surface area contributed by atoms with Crippen LogP contribution in [0, 0.1) is 10.1 Å². The van der Waals surface area contributed by atoms with E-state index < -0.39 is 16.5 Å². The van der Waals surface area contributed by atoms with Crippen LogP contribution in [0.2, 0.25) is 5.02 Å². The van der Waals surface area contributed by atoms with E-state index in [1.54, 1.807) is 0 Å². The number of carbonyl (C=O) groups excluding carboxylic acids is 1. The highest BCUT2D eigenvalue weighted by Crippen LogP contribution is 2.27. The zero-order chi connectivity index (χ0) is 22.3. The topological polar surface area (TPSA) is 132 Å². The average Bonchev–Trinajstić information content (AvgIpc) is 2.69. The van der Waals surface area contributed by atoms with E-state index in [0.717, 1.165) is 11.1 Å². The predicted molar refractivity (Wildman–Crippen MR) is 117 cm³/mol. The van der Waals surface area contributed by atoms with Gasteiger partial charge in [0.1, 0.15) is 11.6 Å². The van der Waals surface area contributed by atoms with Crippen LogP contribution in [-0.4, -0.2) is 29.8 Å². The molecule has 0 fully saturated rings. The number of rotatable bonds is 8. The van der Waals surface area contributed by atoms with Gasteiger partial charge in [-0.3, -0.25) is 10.1 Å². The molecule has 0 radical (unpaired) electrons. The van der Waals surface area contributed by atoms with Gasteiger partial charge in [0.2, 0.25) is 0 Å². The van der Waals surface area contributed by atoms with Gasteiger partial charge in [-0.15, -0.1) is 0 Å². The lowest BCUT2D eigenvalue weighted by molar-refractivity contribution is -0.384. The smallest absolute Gasteiger partial charge is 0.319 e. The van der Waals surface area contributed by atoms with Gasteiger partial charge < -0.3 is 21.2 Å². The minimum atomic E-state index is -0.739. The lowest BCUT2D eigenvalue weighted by atomic mass is 9.92. The van der Waals surface area contributed by atoms with E-state index in [2.05, 4.69) is 15.8 Å². The summed E-state index contributed by atoms with van der Waals surface area (Å²) in [6, 6.07) is 11.1. The molecule has 10 heteroatoms. The molecule has 0 aromatic heterocycles. The highest BCUT2D eigenvalue weighted by Gasteiger charge is 2.24. The molecule has 4 N–H and O–H groups in total. The zero-order valence-electron chi connectivity index (χ0n) is 16.9. The number of urea groups is 1. The molecule has 0 atom stereocenters. The molecule has 9 nitrogen and oxygen atoms in total. The number of nitrogens with two attached hydrogens (primary N) is 1. The summed E-state index contributed by atoms with van der Waals surface area (Å²) in [5, 5.41) is 20.5. The monoisotopic (exact) mass is 433 g/mol. The quantitative estimate of drug-likeness (QED) is 0.250. The van der Waals surface area contributed by atoms with E-state index in [1.807, 2.05) is 45.0 Å². The van der Waals surface area contributed by atoms with Crippen molar-refractivity contribution in [3.8, 4) is 0 Å². The fourth-order valence-corrected chi connectivity index (χ4v) is 2.82. The van der Waals surface area contributed by atoms with Crippen LogP contribution < -0.4 is 16.4 Å². The maximum atomic E-state index is 12.5. The molecule has 0 bridgehead atoms. The third-order valence-electron chi connectivity index (χ3n) is 4.24. The number of hydrogen-bond acceptors (Lipinski definition) is 6. The summed E-state index contributed by atoms with van der Waals surface area (Å²) in [6.07, 6.45) is 0. The van der Waals surface area contributed by atoms with E-state index in [-0.39, 0.29) is 16.4 Å². The Morgan fingerprint density at radius 3 is 2.70 bits per heavy atom. The highest BCUT2D eigenvalue weighted by molar-refractivity contribution is 6.32. The minimum Gasteiger partial charge on any atom is -0.394 e. The summed E-state index contributed by atoms with van der Waals surface area (Å²) in [6.45, 7) is 6.20. The summed E-state index contributed by atoms with van der Waals surface area (Å²) >= 11 is 5.80. The number of nitrogens with zero attached hydrogens (tertiary/aromatic N) is 2. The Morgan fingerprint density at radius 1 is 1.30 bits per heavy atom. The number of halogens is 1. The lowest BCUT2D eigenvalue weighted by Gasteiger charge is -2.27. The van der Waals surface area contributed by atoms with Gasteiger partial charge in [-0.2, -0.15) is 0 Å². The second-order valence-corrected chi connectivity index (χ2v) is 7.41. The lowest BCUT2D eigenvalue weighted by Crippen LogP contribution is -2.43. The molecule has 2 amide bonds. The maximum absolute atomic E-state index is 12.5. The Bertz CT molecular complexity index is 962. The first-order valence-corrected chi connectivity index (χ1v) is 9.52. The number of carbonyl (C=O) groups is 1. The van der Waals surface area contributed by atoms with Crippen LogP contribution in [0.5, 0.6) is 0 Å². The molecule has 0 heterocycles. The van der Waals surface area contributed by atoms with Crippen molar-refractivity contribution in [1.29, 1.82) is 0 Å². The molecule has 2 rings (SSSR count). The molecule has 0 saturated heterocycles. The van der Waals surface area contributed by atoms with Crippen molar-refractivity contribution in [2.24, 2.45) is 10.9 Å². The molecule has 0 saturated carbocycles. The van der Waals surface area contributed by atoms with Crippen LogP contribution in [0.3, 0.4) is 0 Å². The SMILES string of the molecule is C/C(=N\OCCN)c1cccc(C(C)(C)NC(=O)Nc2ccc(Cl)c([N+](=O)[O-])c2)c1. The van der Waals surface area contributed by atoms with E-state index in [9.17, 15) is 14.9 Å². The van der Waals surface area contributed by atoms with Crippen molar-refractivity contribution >= 4 is 34.7 Å². The number of nitro benzene ring substituents is 1. The first-order valence-electron chi connectivity index (χ1n) is 9.14. The van der Waals surface area contributed by atoms with Crippen molar-refractivity contribution < 1.29 is 14.6 Å². The Balaban J connectivity index is 2.13. The normalized spacial score (nSPS) is 11.7. The number of anilines is 1. The first kappa shape index (κ1) is 23.1. The second-order valence-electron chi connectivity index (χ2n) is 7.01. The minimum absolute atomic E-state index is 0.00409. The van der Waals surface area contributed by atoms with E-state index in [0.29, 0.717) is 18.9 Å². The molecule has 0 aliphatic carbocycles. The molecule has 0 aliphatic heterocycles. The standard InChI is InChI=1S/C20H24ClN5O4/c1-13(25-30-10-9-22)14-5-4-6-15(11-14)20(2,3)24-19(27)23-16-7-8-17(21)18(12-16)26(28)29/h4-8,11-12H,9-10,22H2,1-3H3,(H2,23,24,27)/b25-13+. The largest absolute Gasteiger partial charge is 0.394 e. The van der Waals surface area contributed by atoms with Crippen molar-refractivity contribution in [1.82, 2.24) is 5.32 Å². The summed E-state index contributed by atoms with van der Waals surface area (Å²) in [4.78, 5) is 28.0. The molecule has 2 aromatic carbocycles. The van der Waals surface area contributed by atoms with Crippen molar-refractivity contribution in [3.05, 3.63) is 68.7 Å². The van der Waals surface area contributed by atoms with Gasteiger partial charge in [0, 0.05) is 18.3 Å². The first-order chi connectivity index (χ1) is 14.1. The number of oxime groups is 1. The molecule has 0 aliphatic rings. The Labute approximate surface area is 179 Å².